The fourth-order valence-electron chi connectivity index (χ4n) is 2.20. The lowest BCUT2D eigenvalue weighted by molar-refractivity contribution is 0.102. The Morgan fingerprint density at radius 2 is 1.96 bits per heavy atom. The summed E-state index contributed by atoms with van der Waals surface area (Å²) in [7, 11) is 1.49. The van der Waals surface area contributed by atoms with E-state index < -0.39 is 5.91 Å². The van der Waals surface area contributed by atoms with Gasteiger partial charge in [0.2, 0.25) is 0 Å². The lowest BCUT2D eigenvalue weighted by atomic mass is 10.2. The lowest BCUT2D eigenvalue weighted by Gasteiger charge is -2.10. The largest absolute Gasteiger partial charge is 0.495 e. The predicted octanol–water partition coefficient (Wildman–Crippen LogP) is 4.27. The summed E-state index contributed by atoms with van der Waals surface area (Å²) >= 11 is 5.94. The average Bonchev–Trinajstić information content (AvgIpc) is 2.62. The predicted molar refractivity (Wildman–Crippen MR) is 97.7 cm³/mol. The SMILES string of the molecule is COc1ccc(Cl)cc1NC(=O)c1ccc(Nc2cccc(F)c2)nn1. The molecule has 0 fully saturated rings. The van der Waals surface area contributed by atoms with Gasteiger partial charge in [0.15, 0.2) is 11.5 Å². The van der Waals surface area contributed by atoms with E-state index in [2.05, 4.69) is 20.8 Å². The summed E-state index contributed by atoms with van der Waals surface area (Å²) in [5, 5.41) is 13.8. The first kappa shape index (κ1) is 17.6. The van der Waals surface area contributed by atoms with Gasteiger partial charge in [-0.1, -0.05) is 17.7 Å². The second kappa shape index (κ2) is 7.79. The molecule has 6 nitrogen and oxygen atoms in total. The Morgan fingerprint density at radius 3 is 2.65 bits per heavy atom. The number of nitrogens with zero attached hydrogens (tertiary/aromatic N) is 2. The van der Waals surface area contributed by atoms with E-state index in [0.717, 1.165) is 0 Å². The van der Waals surface area contributed by atoms with Gasteiger partial charge < -0.3 is 15.4 Å². The van der Waals surface area contributed by atoms with Crippen LogP contribution in [-0.4, -0.2) is 23.2 Å². The van der Waals surface area contributed by atoms with E-state index >= 15 is 0 Å². The minimum absolute atomic E-state index is 0.108. The van der Waals surface area contributed by atoms with Crippen molar-refractivity contribution < 1.29 is 13.9 Å². The van der Waals surface area contributed by atoms with Crippen molar-refractivity contribution in [2.75, 3.05) is 17.7 Å². The molecule has 1 aromatic heterocycles. The van der Waals surface area contributed by atoms with Crippen LogP contribution in [-0.2, 0) is 0 Å². The third-order valence-electron chi connectivity index (χ3n) is 3.40. The van der Waals surface area contributed by atoms with Crippen LogP contribution in [0.5, 0.6) is 5.75 Å². The van der Waals surface area contributed by atoms with Crippen LogP contribution in [0.2, 0.25) is 5.02 Å². The maximum absolute atomic E-state index is 13.2. The number of carbonyl (C=O) groups excluding carboxylic acids is 1. The molecule has 0 atom stereocenters. The first-order valence-corrected chi connectivity index (χ1v) is 7.94. The molecular weight excluding hydrogens is 359 g/mol. The van der Waals surface area contributed by atoms with Crippen LogP contribution in [0.4, 0.5) is 21.6 Å². The first-order chi connectivity index (χ1) is 12.5. The number of hydrogen-bond acceptors (Lipinski definition) is 5. The molecule has 3 aromatic rings. The van der Waals surface area contributed by atoms with Crippen molar-refractivity contribution >= 4 is 34.7 Å². The maximum atomic E-state index is 13.2. The number of benzene rings is 2. The number of halogens is 2. The van der Waals surface area contributed by atoms with E-state index in [1.165, 1.54) is 25.3 Å². The number of amides is 1. The van der Waals surface area contributed by atoms with Crippen molar-refractivity contribution in [1.82, 2.24) is 10.2 Å². The van der Waals surface area contributed by atoms with Crippen molar-refractivity contribution in [2.24, 2.45) is 0 Å². The van der Waals surface area contributed by atoms with E-state index in [1.807, 2.05) is 0 Å². The van der Waals surface area contributed by atoms with Crippen molar-refractivity contribution in [1.29, 1.82) is 0 Å². The normalized spacial score (nSPS) is 10.3. The van der Waals surface area contributed by atoms with Gasteiger partial charge in [-0.3, -0.25) is 4.79 Å². The second-order valence-electron chi connectivity index (χ2n) is 5.24. The number of rotatable bonds is 5. The summed E-state index contributed by atoms with van der Waals surface area (Å²) < 4.78 is 18.4. The van der Waals surface area contributed by atoms with Gasteiger partial charge >= 0.3 is 0 Å². The smallest absolute Gasteiger partial charge is 0.276 e. The molecule has 0 aliphatic heterocycles. The molecule has 132 valence electrons. The molecule has 0 bridgehead atoms. The monoisotopic (exact) mass is 372 g/mol. The molecular formula is C18H14ClFN4O2. The highest BCUT2D eigenvalue weighted by molar-refractivity contribution is 6.31. The first-order valence-electron chi connectivity index (χ1n) is 7.56. The highest BCUT2D eigenvalue weighted by Gasteiger charge is 2.12. The number of anilines is 3. The van der Waals surface area contributed by atoms with Gasteiger partial charge in [-0.2, -0.15) is 0 Å². The van der Waals surface area contributed by atoms with Crippen LogP contribution in [0.3, 0.4) is 0 Å². The molecule has 26 heavy (non-hydrogen) atoms. The molecule has 8 heteroatoms. The fraction of sp³-hybridized carbons (Fsp3) is 0.0556. The summed E-state index contributed by atoms with van der Waals surface area (Å²) in [6.07, 6.45) is 0. The zero-order valence-electron chi connectivity index (χ0n) is 13.7. The Kier molecular flexibility index (Phi) is 5.28. The molecule has 1 amide bonds. The van der Waals surface area contributed by atoms with Crippen molar-refractivity contribution in [2.45, 2.75) is 0 Å². The Hall–Kier alpha value is -3.19. The van der Waals surface area contributed by atoms with E-state index in [4.69, 9.17) is 16.3 Å². The molecule has 3 rings (SSSR count). The van der Waals surface area contributed by atoms with Crippen molar-refractivity contribution in [3.05, 3.63) is 71.1 Å². The minimum Gasteiger partial charge on any atom is -0.495 e. The van der Waals surface area contributed by atoms with E-state index in [-0.39, 0.29) is 11.5 Å². The molecule has 0 radical (unpaired) electrons. The van der Waals surface area contributed by atoms with Gasteiger partial charge in [-0.25, -0.2) is 4.39 Å². The average molecular weight is 373 g/mol. The van der Waals surface area contributed by atoms with Gasteiger partial charge in [-0.05, 0) is 48.5 Å². The van der Waals surface area contributed by atoms with Crippen LogP contribution in [0, 0.1) is 5.82 Å². The Bertz CT molecular complexity index is 935. The summed E-state index contributed by atoms with van der Waals surface area (Å²) in [4.78, 5) is 12.3. The van der Waals surface area contributed by atoms with Crippen LogP contribution >= 0.6 is 11.6 Å². The van der Waals surface area contributed by atoms with Crippen LogP contribution in [0.15, 0.2) is 54.6 Å². The number of ether oxygens (including phenoxy) is 1. The molecule has 0 aliphatic rings. The summed E-state index contributed by atoms with van der Waals surface area (Å²) in [6.45, 7) is 0. The fourth-order valence-corrected chi connectivity index (χ4v) is 2.37. The molecule has 2 aromatic carbocycles. The van der Waals surface area contributed by atoms with E-state index in [9.17, 15) is 9.18 Å². The number of aromatic nitrogens is 2. The summed E-state index contributed by atoms with van der Waals surface area (Å²) in [5.41, 5.74) is 1.06. The molecule has 0 spiro atoms. The Balaban J connectivity index is 1.72. The number of nitrogens with one attached hydrogen (secondary N) is 2. The van der Waals surface area contributed by atoms with Crippen LogP contribution in [0.1, 0.15) is 10.5 Å². The number of carbonyl (C=O) groups is 1. The molecule has 0 unspecified atom stereocenters. The van der Waals surface area contributed by atoms with E-state index in [0.29, 0.717) is 28.0 Å². The van der Waals surface area contributed by atoms with Crippen LogP contribution < -0.4 is 15.4 Å². The van der Waals surface area contributed by atoms with E-state index in [1.54, 1.807) is 36.4 Å². The third-order valence-corrected chi connectivity index (χ3v) is 3.64. The van der Waals surface area contributed by atoms with Gasteiger partial charge in [0.1, 0.15) is 11.6 Å². The number of hydrogen-bond donors (Lipinski definition) is 2. The Morgan fingerprint density at radius 1 is 1.12 bits per heavy atom. The van der Waals surface area contributed by atoms with Crippen molar-refractivity contribution in [3.8, 4) is 5.75 Å². The van der Waals surface area contributed by atoms with Gasteiger partial charge in [0, 0.05) is 10.7 Å². The number of methoxy groups -OCH3 is 1. The van der Waals surface area contributed by atoms with Gasteiger partial charge in [0.05, 0.1) is 12.8 Å². The standard InChI is InChI=1S/C18H14ClFN4O2/c1-26-16-7-5-11(19)9-15(16)22-18(25)14-6-8-17(24-23-14)21-13-4-2-3-12(20)10-13/h2-10H,1H3,(H,21,24)(H,22,25). The molecule has 1 heterocycles. The Labute approximate surface area is 154 Å². The highest BCUT2D eigenvalue weighted by Crippen LogP contribution is 2.28. The zero-order chi connectivity index (χ0) is 18.5. The lowest BCUT2D eigenvalue weighted by Crippen LogP contribution is -2.15. The third kappa shape index (κ3) is 4.25. The molecule has 0 aliphatic carbocycles. The second-order valence-corrected chi connectivity index (χ2v) is 5.67. The summed E-state index contributed by atoms with van der Waals surface area (Å²) in [6, 6.07) is 13.9. The topological polar surface area (TPSA) is 76.1 Å². The van der Waals surface area contributed by atoms with Crippen LogP contribution in [0.25, 0.3) is 0 Å². The molecule has 0 saturated carbocycles. The molecule has 2 N–H and O–H groups in total. The quantitative estimate of drug-likeness (QED) is 0.699. The zero-order valence-corrected chi connectivity index (χ0v) is 14.4. The highest BCUT2D eigenvalue weighted by atomic mass is 35.5. The summed E-state index contributed by atoms with van der Waals surface area (Å²) in [5.74, 6) is 0.0254. The maximum Gasteiger partial charge on any atom is 0.276 e. The molecule has 0 saturated heterocycles. The van der Waals surface area contributed by atoms with Gasteiger partial charge in [-0.15, -0.1) is 10.2 Å². The van der Waals surface area contributed by atoms with Gasteiger partial charge in [0.25, 0.3) is 5.91 Å². The minimum atomic E-state index is -0.463. The van der Waals surface area contributed by atoms with Crippen molar-refractivity contribution in [3.63, 3.8) is 0 Å².